The number of rotatable bonds is 1. The van der Waals surface area contributed by atoms with Crippen LogP contribution >= 0.6 is 0 Å². The summed E-state index contributed by atoms with van der Waals surface area (Å²) in [6.07, 6.45) is 3.92. The first-order valence-corrected chi connectivity index (χ1v) is 5.73. The molecule has 1 atom stereocenters. The van der Waals surface area contributed by atoms with E-state index in [9.17, 15) is 4.79 Å². The smallest absolute Gasteiger partial charge is 0.410 e. The van der Waals surface area contributed by atoms with E-state index in [2.05, 4.69) is 6.92 Å². The standard InChI is InChI=1S/C12H22NO2/c1-5-10-8-6-7-9-13(10)11(14)15-12(2,3)4/h10H,1,5-9H2,2-4H3. The maximum Gasteiger partial charge on any atom is 0.410 e. The average Bonchev–Trinajstić information content (AvgIpc) is 2.15. The summed E-state index contributed by atoms with van der Waals surface area (Å²) in [6.45, 7) is 10.4. The van der Waals surface area contributed by atoms with Crippen LogP contribution in [0.2, 0.25) is 0 Å². The number of likely N-dealkylation sites (tertiary alicyclic amines) is 1. The van der Waals surface area contributed by atoms with E-state index in [1.54, 1.807) is 0 Å². The SMILES string of the molecule is [CH2]CC1CCCCN1C(=O)OC(C)(C)C. The lowest BCUT2D eigenvalue weighted by atomic mass is 10.0. The zero-order chi connectivity index (χ0) is 11.5. The maximum atomic E-state index is 11.9. The van der Waals surface area contributed by atoms with Gasteiger partial charge in [0.05, 0.1) is 0 Å². The van der Waals surface area contributed by atoms with Crippen LogP contribution in [0.15, 0.2) is 0 Å². The topological polar surface area (TPSA) is 29.5 Å². The van der Waals surface area contributed by atoms with Crippen LogP contribution in [0.4, 0.5) is 4.79 Å². The van der Waals surface area contributed by atoms with Crippen LogP contribution in [0.1, 0.15) is 46.5 Å². The van der Waals surface area contributed by atoms with E-state index in [-0.39, 0.29) is 12.1 Å². The summed E-state index contributed by atoms with van der Waals surface area (Å²) < 4.78 is 5.37. The summed E-state index contributed by atoms with van der Waals surface area (Å²) in [7, 11) is 0. The Labute approximate surface area is 92.8 Å². The molecule has 0 aromatic heterocycles. The van der Waals surface area contributed by atoms with Gasteiger partial charge in [-0.25, -0.2) is 4.79 Å². The third kappa shape index (κ3) is 3.73. The highest BCUT2D eigenvalue weighted by molar-refractivity contribution is 5.68. The van der Waals surface area contributed by atoms with Gasteiger partial charge in [0, 0.05) is 12.6 Å². The molecule has 0 aromatic carbocycles. The molecule has 1 amide bonds. The molecule has 1 rings (SSSR count). The second-order valence-corrected chi connectivity index (χ2v) is 5.11. The van der Waals surface area contributed by atoms with E-state index in [0.29, 0.717) is 0 Å². The molecule has 87 valence electrons. The molecule has 0 spiro atoms. The van der Waals surface area contributed by atoms with Crippen LogP contribution in [0.3, 0.4) is 0 Å². The lowest BCUT2D eigenvalue weighted by Gasteiger charge is -2.36. The quantitative estimate of drug-likeness (QED) is 0.668. The Hall–Kier alpha value is -0.730. The Morgan fingerprint density at radius 1 is 1.47 bits per heavy atom. The molecule has 1 heterocycles. The first kappa shape index (κ1) is 12.3. The number of hydrogen-bond donors (Lipinski definition) is 0. The fourth-order valence-electron chi connectivity index (χ4n) is 1.86. The predicted octanol–water partition coefficient (Wildman–Crippen LogP) is 3.00. The van der Waals surface area contributed by atoms with Crippen molar-refractivity contribution in [1.29, 1.82) is 0 Å². The summed E-state index contributed by atoms with van der Waals surface area (Å²) in [5.41, 5.74) is -0.403. The Morgan fingerprint density at radius 2 is 2.13 bits per heavy atom. The van der Waals surface area contributed by atoms with Crippen molar-refractivity contribution < 1.29 is 9.53 Å². The second kappa shape index (κ2) is 4.86. The molecule has 0 saturated carbocycles. The van der Waals surface area contributed by atoms with Crippen molar-refractivity contribution in [3.8, 4) is 0 Å². The largest absolute Gasteiger partial charge is 0.444 e. The third-order valence-corrected chi connectivity index (χ3v) is 2.59. The Balaban J connectivity index is 2.56. The minimum atomic E-state index is -0.403. The van der Waals surface area contributed by atoms with Crippen LogP contribution in [0.25, 0.3) is 0 Å². The minimum absolute atomic E-state index is 0.184. The summed E-state index contributed by atoms with van der Waals surface area (Å²) in [6, 6.07) is 0.272. The highest BCUT2D eigenvalue weighted by Crippen LogP contribution is 2.21. The summed E-state index contributed by atoms with van der Waals surface area (Å²) in [5, 5.41) is 0. The molecule has 1 radical (unpaired) electrons. The monoisotopic (exact) mass is 212 g/mol. The van der Waals surface area contributed by atoms with Gasteiger partial charge in [0.1, 0.15) is 5.60 Å². The number of amides is 1. The van der Waals surface area contributed by atoms with Gasteiger partial charge in [-0.15, -0.1) is 0 Å². The lowest BCUT2D eigenvalue weighted by molar-refractivity contribution is 0.0102. The van der Waals surface area contributed by atoms with Gasteiger partial charge >= 0.3 is 6.09 Å². The normalized spacial score (nSPS) is 22.7. The number of carbonyl (C=O) groups is 1. The molecule has 1 saturated heterocycles. The predicted molar refractivity (Wildman–Crippen MR) is 60.6 cm³/mol. The maximum absolute atomic E-state index is 11.9. The van der Waals surface area contributed by atoms with Crippen molar-refractivity contribution in [3.05, 3.63) is 6.92 Å². The Morgan fingerprint density at radius 3 is 2.67 bits per heavy atom. The fourth-order valence-corrected chi connectivity index (χ4v) is 1.86. The summed E-state index contributed by atoms with van der Waals surface area (Å²) in [4.78, 5) is 13.7. The van der Waals surface area contributed by atoms with Gasteiger partial charge in [0.15, 0.2) is 0 Å². The number of ether oxygens (including phenoxy) is 1. The lowest BCUT2D eigenvalue weighted by Crippen LogP contribution is -2.45. The first-order chi connectivity index (χ1) is 6.94. The first-order valence-electron chi connectivity index (χ1n) is 5.73. The molecular formula is C12H22NO2. The van der Waals surface area contributed by atoms with E-state index < -0.39 is 5.60 Å². The molecule has 3 heteroatoms. The van der Waals surface area contributed by atoms with Crippen LogP contribution in [-0.4, -0.2) is 29.2 Å². The Bertz CT molecular complexity index is 220. The van der Waals surface area contributed by atoms with Gasteiger partial charge in [-0.2, -0.15) is 0 Å². The molecule has 0 aromatic rings. The molecule has 15 heavy (non-hydrogen) atoms. The third-order valence-electron chi connectivity index (χ3n) is 2.59. The van der Waals surface area contributed by atoms with E-state index in [1.807, 2.05) is 25.7 Å². The minimum Gasteiger partial charge on any atom is -0.444 e. The highest BCUT2D eigenvalue weighted by atomic mass is 16.6. The van der Waals surface area contributed by atoms with Crippen molar-refractivity contribution in [2.45, 2.75) is 58.1 Å². The second-order valence-electron chi connectivity index (χ2n) is 5.11. The van der Waals surface area contributed by atoms with Gasteiger partial charge < -0.3 is 9.64 Å². The van der Waals surface area contributed by atoms with Crippen molar-refractivity contribution in [3.63, 3.8) is 0 Å². The summed E-state index contributed by atoms with van der Waals surface area (Å²) in [5.74, 6) is 0. The molecule has 0 aliphatic carbocycles. The fraction of sp³-hybridized carbons (Fsp3) is 0.833. The molecule has 1 fully saturated rings. The molecular weight excluding hydrogens is 190 g/mol. The van der Waals surface area contributed by atoms with E-state index in [0.717, 1.165) is 25.8 Å². The van der Waals surface area contributed by atoms with E-state index in [4.69, 9.17) is 4.74 Å². The van der Waals surface area contributed by atoms with Crippen LogP contribution in [0.5, 0.6) is 0 Å². The van der Waals surface area contributed by atoms with Crippen LogP contribution < -0.4 is 0 Å². The van der Waals surface area contributed by atoms with Gasteiger partial charge in [-0.05, 0) is 46.5 Å². The highest BCUT2D eigenvalue weighted by Gasteiger charge is 2.29. The van der Waals surface area contributed by atoms with Gasteiger partial charge in [0.25, 0.3) is 0 Å². The van der Waals surface area contributed by atoms with Crippen LogP contribution in [0, 0.1) is 6.92 Å². The molecule has 1 unspecified atom stereocenters. The van der Waals surface area contributed by atoms with Crippen molar-refractivity contribution in [2.24, 2.45) is 0 Å². The van der Waals surface area contributed by atoms with Gasteiger partial charge in [-0.1, -0.05) is 6.92 Å². The molecule has 0 N–H and O–H groups in total. The number of nitrogens with zero attached hydrogens (tertiary/aromatic N) is 1. The number of carbonyl (C=O) groups excluding carboxylic acids is 1. The molecule has 0 bridgehead atoms. The van der Waals surface area contributed by atoms with Crippen LogP contribution in [-0.2, 0) is 4.74 Å². The van der Waals surface area contributed by atoms with Gasteiger partial charge in [-0.3, -0.25) is 0 Å². The summed E-state index contributed by atoms with van der Waals surface area (Å²) >= 11 is 0. The van der Waals surface area contributed by atoms with Gasteiger partial charge in [0.2, 0.25) is 0 Å². The zero-order valence-electron chi connectivity index (χ0n) is 10.1. The number of hydrogen-bond acceptors (Lipinski definition) is 2. The van der Waals surface area contributed by atoms with Crippen molar-refractivity contribution in [1.82, 2.24) is 4.90 Å². The molecule has 1 aliphatic rings. The van der Waals surface area contributed by atoms with Crippen molar-refractivity contribution >= 4 is 6.09 Å². The molecule has 1 aliphatic heterocycles. The molecule has 3 nitrogen and oxygen atoms in total. The van der Waals surface area contributed by atoms with E-state index in [1.165, 1.54) is 6.42 Å². The average molecular weight is 212 g/mol. The zero-order valence-corrected chi connectivity index (χ0v) is 10.1. The van der Waals surface area contributed by atoms with E-state index >= 15 is 0 Å². The number of piperidine rings is 1. The Kier molecular flexibility index (Phi) is 4.00. The van der Waals surface area contributed by atoms with Crippen molar-refractivity contribution in [2.75, 3.05) is 6.54 Å².